The number of nitrogens with two attached hydrogens (primary N) is 1. The maximum Gasteiger partial charge on any atom is 0.0397 e. The van der Waals surface area contributed by atoms with Crippen LogP contribution in [-0.4, -0.2) is 30.6 Å². The van der Waals surface area contributed by atoms with Gasteiger partial charge in [0.15, 0.2) is 0 Å². The molecule has 0 amide bonds. The summed E-state index contributed by atoms with van der Waals surface area (Å²) >= 11 is 0. The third kappa shape index (κ3) is 2.83. The maximum absolute atomic E-state index is 5.87. The molecule has 0 radical (unpaired) electrons. The predicted octanol–water partition coefficient (Wildman–Crippen LogP) is 2.13. The fourth-order valence-corrected chi connectivity index (χ4v) is 3.73. The molecule has 100 valence electrons. The summed E-state index contributed by atoms with van der Waals surface area (Å²) in [6, 6.07) is 0.466. The average Bonchev–Trinajstić information content (AvgIpc) is 3.09. The molecule has 2 saturated carbocycles. The van der Waals surface area contributed by atoms with E-state index in [1.165, 1.54) is 44.9 Å². The van der Waals surface area contributed by atoms with Crippen LogP contribution < -0.4 is 11.3 Å². The number of hydrazine groups is 1. The monoisotopic (exact) mass is 239 g/mol. The lowest BCUT2D eigenvalue weighted by atomic mass is 9.70. The van der Waals surface area contributed by atoms with Gasteiger partial charge in [-0.05, 0) is 45.2 Å². The van der Waals surface area contributed by atoms with Crippen molar-refractivity contribution in [1.82, 2.24) is 10.3 Å². The van der Waals surface area contributed by atoms with E-state index in [2.05, 4.69) is 31.3 Å². The van der Waals surface area contributed by atoms with E-state index in [0.717, 1.165) is 11.8 Å². The van der Waals surface area contributed by atoms with Crippen LogP contribution in [0.4, 0.5) is 0 Å². The van der Waals surface area contributed by atoms with Gasteiger partial charge in [0.2, 0.25) is 0 Å². The minimum Gasteiger partial charge on any atom is -0.302 e. The van der Waals surface area contributed by atoms with Crippen molar-refractivity contribution in [2.75, 3.05) is 14.1 Å². The zero-order valence-corrected chi connectivity index (χ0v) is 11.7. The van der Waals surface area contributed by atoms with Crippen molar-refractivity contribution in [3.8, 4) is 0 Å². The zero-order valence-electron chi connectivity index (χ0n) is 11.7. The molecule has 0 aliphatic heterocycles. The maximum atomic E-state index is 5.87. The van der Waals surface area contributed by atoms with Crippen LogP contribution in [0.3, 0.4) is 0 Å². The number of hydrogen-bond donors (Lipinski definition) is 2. The molecule has 3 unspecified atom stereocenters. The Hall–Kier alpha value is -0.120. The summed E-state index contributed by atoms with van der Waals surface area (Å²) in [5.41, 5.74) is 3.43. The van der Waals surface area contributed by atoms with Gasteiger partial charge in [0.1, 0.15) is 0 Å². The highest BCUT2D eigenvalue weighted by atomic mass is 15.3. The number of likely N-dealkylation sites (N-methyl/N-ethyl adjacent to an activating group) is 1. The molecule has 3 heteroatoms. The molecule has 0 aromatic rings. The summed E-state index contributed by atoms with van der Waals surface area (Å²) in [6.45, 7) is 2.39. The van der Waals surface area contributed by atoms with Gasteiger partial charge in [-0.25, -0.2) is 0 Å². The lowest BCUT2D eigenvalue weighted by Crippen LogP contribution is -2.62. The molecule has 0 bridgehead atoms. The third-order valence-corrected chi connectivity index (χ3v) is 5.01. The summed E-state index contributed by atoms with van der Waals surface area (Å²) in [5, 5.41) is 0. The van der Waals surface area contributed by atoms with Crippen molar-refractivity contribution >= 4 is 0 Å². The summed E-state index contributed by atoms with van der Waals surface area (Å²) in [7, 11) is 4.46. The SMILES string of the molecule is CC1CCCC(C(CC2CC2)NN)(N(C)C)C1. The smallest absolute Gasteiger partial charge is 0.0397 e. The van der Waals surface area contributed by atoms with E-state index < -0.39 is 0 Å². The fraction of sp³-hybridized carbons (Fsp3) is 1.00. The second-order valence-corrected chi connectivity index (χ2v) is 6.60. The Labute approximate surface area is 106 Å². The number of nitrogens with zero attached hydrogens (tertiary/aromatic N) is 1. The van der Waals surface area contributed by atoms with Crippen LogP contribution in [0, 0.1) is 11.8 Å². The normalized spacial score (nSPS) is 36.2. The van der Waals surface area contributed by atoms with Crippen LogP contribution in [0.5, 0.6) is 0 Å². The quantitative estimate of drug-likeness (QED) is 0.570. The standard InChI is InChI=1S/C14H29N3/c1-11-5-4-8-14(10-11,17(2)3)13(16-15)9-12-6-7-12/h11-13,16H,4-10,15H2,1-3H3. The first-order chi connectivity index (χ1) is 8.08. The highest BCUT2D eigenvalue weighted by Crippen LogP contribution is 2.43. The van der Waals surface area contributed by atoms with Crippen molar-refractivity contribution in [3.05, 3.63) is 0 Å². The second kappa shape index (κ2) is 5.25. The molecule has 0 aromatic carbocycles. The Morgan fingerprint density at radius 3 is 2.53 bits per heavy atom. The van der Waals surface area contributed by atoms with Gasteiger partial charge >= 0.3 is 0 Å². The van der Waals surface area contributed by atoms with Gasteiger partial charge in [-0.1, -0.05) is 32.6 Å². The first kappa shape index (κ1) is 13.3. The van der Waals surface area contributed by atoms with E-state index in [1.54, 1.807) is 0 Å². The molecule has 0 saturated heterocycles. The van der Waals surface area contributed by atoms with Gasteiger partial charge in [-0.3, -0.25) is 11.3 Å². The molecule has 2 fully saturated rings. The van der Waals surface area contributed by atoms with Crippen LogP contribution in [0.15, 0.2) is 0 Å². The van der Waals surface area contributed by atoms with Gasteiger partial charge in [-0.15, -0.1) is 0 Å². The van der Waals surface area contributed by atoms with Gasteiger partial charge in [0, 0.05) is 11.6 Å². The van der Waals surface area contributed by atoms with Crippen molar-refractivity contribution in [1.29, 1.82) is 0 Å². The second-order valence-electron chi connectivity index (χ2n) is 6.60. The summed E-state index contributed by atoms with van der Waals surface area (Å²) in [6.07, 6.45) is 9.42. The molecule has 3 nitrogen and oxygen atoms in total. The fourth-order valence-electron chi connectivity index (χ4n) is 3.73. The molecule has 0 spiro atoms. The van der Waals surface area contributed by atoms with Gasteiger partial charge < -0.3 is 4.90 Å². The number of rotatable bonds is 5. The number of hydrogen-bond acceptors (Lipinski definition) is 3. The Morgan fingerprint density at radius 2 is 2.06 bits per heavy atom. The number of nitrogens with one attached hydrogen (secondary N) is 1. The van der Waals surface area contributed by atoms with Crippen LogP contribution in [0.2, 0.25) is 0 Å². The molecule has 2 aliphatic rings. The summed E-state index contributed by atoms with van der Waals surface area (Å²) in [4.78, 5) is 2.44. The lowest BCUT2D eigenvalue weighted by molar-refractivity contribution is 0.0324. The van der Waals surface area contributed by atoms with E-state index in [-0.39, 0.29) is 5.54 Å². The third-order valence-electron chi connectivity index (χ3n) is 5.01. The highest BCUT2D eigenvalue weighted by Gasteiger charge is 2.44. The molecule has 2 rings (SSSR count). The minimum absolute atomic E-state index is 0.287. The van der Waals surface area contributed by atoms with Crippen LogP contribution in [0.1, 0.15) is 51.9 Å². The van der Waals surface area contributed by atoms with E-state index >= 15 is 0 Å². The Kier molecular flexibility index (Phi) is 4.11. The van der Waals surface area contributed by atoms with E-state index in [0.29, 0.717) is 6.04 Å². The minimum atomic E-state index is 0.287. The first-order valence-corrected chi connectivity index (χ1v) is 7.22. The molecular weight excluding hydrogens is 210 g/mol. The zero-order chi connectivity index (χ0) is 12.5. The molecule has 2 aliphatic carbocycles. The van der Waals surface area contributed by atoms with Crippen molar-refractivity contribution in [3.63, 3.8) is 0 Å². The lowest BCUT2D eigenvalue weighted by Gasteiger charge is -2.50. The van der Waals surface area contributed by atoms with Gasteiger partial charge in [-0.2, -0.15) is 0 Å². The Bertz CT molecular complexity index is 250. The predicted molar refractivity (Wildman–Crippen MR) is 72.5 cm³/mol. The topological polar surface area (TPSA) is 41.3 Å². The van der Waals surface area contributed by atoms with Crippen molar-refractivity contribution in [2.45, 2.75) is 63.5 Å². The molecular formula is C14H29N3. The summed E-state index contributed by atoms with van der Waals surface area (Å²) < 4.78 is 0. The molecule has 17 heavy (non-hydrogen) atoms. The molecule has 3 atom stereocenters. The van der Waals surface area contributed by atoms with Crippen molar-refractivity contribution < 1.29 is 0 Å². The van der Waals surface area contributed by atoms with Gasteiger partial charge in [0.05, 0.1) is 0 Å². The molecule has 0 aromatic heterocycles. The van der Waals surface area contributed by atoms with Crippen LogP contribution in [-0.2, 0) is 0 Å². The highest BCUT2D eigenvalue weighted by molar-refractivity contribution is 5.02. The van der Waals surface area contributed by atoms with E-state index in [4.69, 9.17) is 5.84 Å². The van der Waals surface area contributed by atoms with Crippen LogP contribution >= 0.6 is 0 Å². The van der Waals surface area contributed by atoms with Crippen molar-refractivity contribution in [2.24, 2.45) is 17.7 Å². The van der Waals surface area contributed by atoms with E-state index in [1.807, 2.05) is 0 Å². The van der Waals surface area contributed by atoms with E-state index in [9.17, 15) is 0 Å². The van der Waals surface area contributed by atoms with Gasteiger partial charge in [0.25, 0.3) is 0 Å². The Balaban J connectivity index is 2.11. The molecule has 0 heterocycles. The van der Waals surface area contributed by atoms with Crippen LogP contribution in [0.25, 0.3) is 0 Å². The summed E-state index contributed by atoms with van der Waals surface area (Å²) in [5.74, 6) is 7.64. The first-order valence-electron chi connectivity index (χ1n) is 7.22. The average molecular weight is 239 g/mol. The molecule has 3 N–H and O–H groups in total. The largest absolute Gasteiger partial charge is 0.302 e. The Morgan fingerprint density at radius 1 is 1.35 bits per heavy atom.